The molecule has 0 fully saturated rings. The van der Waals surface area contributed by atoms with E-state index in [-0.39, 0.29) is 5.91 Å². The molecule has 6 heteroatoms. The smallest absolute Gasteiger partial charge is 0.251 e. The van der Waals surface area contributed by atoms with Crippen LogP contribution < -0.4 is 5.32 Å². The van der Waals surface area contributed by atoms with Crippen LogP contribution in [0.4, 0.5) is 0 Å². The third-order valence-corrected chi connectivity index (χ3v) is 4.00. The predicted octanol–water partition coefficient (Wildman–Crippen LogP) is 2.63. The van der Waals surface area contributed by atoms with Gasteiger partial charge < -0.3 is 5.32 Å². The number of amides is 1. The number of carbonyl (C=O) groups is 1. The summed E-state index contributed by atoms with van der Waals surface area (Å²) in [6.45, 7) is 4.28. The number of aryl methyl sites for hydroxylation is 2. The molecule has 1 N–H and O–H groups in total. The minimum Gasteiger partial charge on any atom is -0.346 e. The van der Waals surface area contributed by atoms with Crippen LogP contribution in [-0.2, 0) is 6.54 Å². The van der Waals surface area contributed by atoms with Crippen LogP contribution in [0.1, 0.15) is 26.8 Å². The van der Waals surface area contributed by atoms with Crippen molar-refractivity contribution in [3.05, 3.63) is 51.7 Å². The second kappa shape index (κ2) is 5.57. The van der Waals surface area contributed by atoms with Crippen molar-refractivity contribution < 1.29 is 4.79 Å². The van der Waals surface area contributed by atoms with Gasteiger partial charge in [-0.05, 0) is 32.0 Å². The molecule has 0 unspecified atom stereocenters. The van der Waals surface area contributed by atoms with Gasteiger partial charge in [-0.15, -0.1) is 11.3 Å². The number of fused-ring (bicyclic) bond motifs is 1. The van der Waals surface area contributed by atoms with Crippen molar-refractivity contribution in [2.75, 3.05) is 0 Å². The number of thiazole rings is 1. The molecule has 1 amide bonds. The SMILES string of the molecule is Cc1nc2ccc(C(=O)NCc3nccs3)cc2nc1C. The normalized spacial score (nSPS) is 10.8. The van der Waals surface area contributed by atoms with Gasteiger partial charge in [0.15, 0.2) is 0 Å². The maximum absolute atomic E-state index is 12.2. The Morgan fingerprint density at radius 1 is 1.19 bits per heavy atom. The zero-order valence-electron chi connectivity index (χ0n) is 11.8. The molecule has 3 rings (SSSR count). The van der Waals surface area contributed by atoms with Crippen molar-refractivity contribution in [2.24, 2.45) is 0 Å². The molecule has 0 bridgehead atoms. The Balaban J connectivity index is 1.83. The molecular formula is C15H14N4OS. The summed E-state index contributed by atoms with van der Waals surface area (Å²) >= 11 is 1.52. The first-order chi connectivity index (χ1) is 10.1. The van der Waals surface area contributed by atoms with Gasteiger partial charge in [0.2, 0.25) is 0 Å². The Morgan fingerprint density at radius 2 is 1.95 bits per heavy atom. The second-order valence-electron chi connectivity index (χ2n) is 4.71. The standard InChI is InChI=1S/C15H14N4OS/c1-9-10(2)19-13-7-11(3-4-12(13)18-9)15(20)17-8-14-16-5-6-21-14/h3-7H,8H2,1-2H3,(H,17,20). The van der Waals surface area contributed by atoms with Gasteiger partial charge >= 0.3 is 0 Å². The molecule has 0 aliphatic rings. The van der Waals surface area contributed by atoms with E-state index in [4.69, 9.17) is 0 Å². The molecule has 0 radical (unpaired) electrons. The second-order valence-corrected chi connectivity index (χ2v) is 5.69. The van der Waals surface area contributed by atoms with E-state index in [1.807, 2.05) is 25.3 Å². The highest BCUT2D eigenvalue weighted by Crippen LogP contribution is 2.14. The van der Waals surface area contributed by atoms with Crippen LogP contribution in [0.2, 0.25) is 0 Å². The Hall–Kier alpha value is -2.34. The van der Waals surface area contributed by atoms with Crippen molar-refractivity contribution >= 4 is 28.3 Å². The number of nitrogens with one attached hydrogen (secondary N) is 1. The number of aromatic nitrogens is 3. The molecule has 0 spiro atoms. The highest BCUT2D eigenvalue weighted by molar-refractivity contribution is 7.09. The van der Waals surface area contributed by atoms with Crippen LogP contribution in [0.25, 0.3) is 11.0 Å². The largest absolute Gasteiger partial charge is 0.346 e. The minimum absolute atomic E-state index is 0.132. The summed E-state index contributed by atoms with van der Waals surface area (Å²) in [5, 5.41) is 5.62. The van der Waals surface area contributed by atoms with Crippen molar-refractivity contribution in [3.63, 3.8) is 0 Å². The van der Waals surface area contributed by atoms with Crippen molar-refractivity contribution in [1.29, 1.82) is 0 Å². The van der Waals surface area contributed by atoms with E-state index in [0.29, 0.717) is 12.1 Å². The maximum Gasteiger partial charge on any atom is 0.251 e. The van der Waals surface area contributed by atoms with Crippen molar-refractivity contribution in [1.82, 2.24) is 20.3 Å². The Labute approximate surface area is 126 Å². The van der Waals surface area contributed by atoms with Crippen LogP contribution in [0.3, 0.4) is 0 Å². The molecule has 0 saturated carbocycles. The van der Waals surface area contributed by atoms with Crippen LogP contribution in [-0.4, -0.2) is 20.9 Å². The zero-order valence-corrected chi connectivity index (χ0v) is 12.6. The van der Waals surface area contributed by atoms with Gasteiger partial charge in [-0.1, -0.05) is 0 Å². The number of nitrogens with zero attached hydrogens (tertiary/aromatic N) is 3. The molecule has 0 atom stereocenters. The summed E-state index contributed by atoms with van der Waals surface area (Å²) in [4.78, 5) is 25.2. The van der Waals surface area contributed by atoms with Crippen LogP contribution in [0, 0.1) is 13.8 Å². The topological polar surface area (TPSA) is 67.8 Å². The number of hydrogen-bond donors (Lipinski definition) is 1. The third kappa shape index (κ3) is 2.90. The van der Waals surface area contributed by atoms with Gasteiger partial charge in [0.05, 0.1) is 29.0 Å². The highest BCUT2D eigenvalue weighted by atomic mass is 32.1. The van der Waals surface area contributed by atoms with E-state index in [0.717, 1.165) is 27.4 Å². The zero-order chi connectivity index (χ0) is 14.8. The van der Waals surface area contributed by atoms with Crippen LogP contribution in [0.15, 0.2) is 29.8 Å². The average Bonchev–Trinajstić information content (AvgIpc) is 2.99. The van der Waals surface area contributed by atoms with Gasteiger partial charge in [0.25, 0.3) is 5.91 Å². The lowest BCUT2D eigenvalue weighted by Gasteiger charge is -2.06. The summed E-state index contributed by atoms with van der Waals surface area (Å²) < 4.78 is 0. The Morgan fingerprint density at radius 3 is 2.67 bits per heavy atom. The van der Waals surface area contributed by atoms with Crippen LogP contribution >= 0.6 is 11.3 Å². The van der Waals surface area contributed by atoms with E-state index in [1.165, 1.54) is 11.3 Å². The Bertz CT molecular complexity index is 799. The first-order valence-electron chi connectivity index (χ1n) is 6.55. The molecule has 2 heterocycles. The molecule has 0 aliphatic heterocycles. The molecule has 0 aliphatic carbocycles. The lowest BCUT2D eigenvalue weighted by Crippen LogP contribution is -2.22. The maximum atomic E-state index is 12.2. The quantitative estimate of drug-likeness (QED) is 0.807. The van der Waals surface area contributed by atoms with Gasteiger partial charge in [-0.2, -0.15) is 0 Å². The van der Waals surface area contributed by atoms with E-state index in [1.54, 1.807) is 18.3 Å². The van der Waals surface area contributed by atoms with Gasteiger partial charge in [-0.3, -0.25) is 4.79 Å². The van der Waals surface area contributed by atoms with Gasteiger partial charge in [0, 0.05) is 17.1 Å². The molecule has 106 valence electrons. The number of hydrogen-bond acceptors (Lipinski definition) is 5. The molecule has 21 heavy (non-hydrogen) atoms. The average molecular weight is 298 g/mol. The molecule has 5 nitrogen and oxygen atoms in total. The lowest BCUT2D eigenvalue weighted by molar-refractivity contribution is 0.0951. The van der Waals surface area contributed by atoms with E-state index < -0.39 is 0 Å². The first-order valence-corrected chi connectivity index (χ1v) is 7.43. The summed E-state index contributed by atoms with van der Waals surface area (Å²) in [6.07, 6.45) is 1.73. The molecule has 1 aromatic carbocycles. The van der Waals surface area contributed by atoms with Crippen molar-refractivity contribution in [2.45, 2.75) is 20.4 Å². The molecule has 0 saturated heterocycles. The molecule has 3 aromatic rings. The first kappa shape index (κ1) is 13.6. The van der Waals surface area contributed by atoms with Gasteiger partial charge in [0.1, 0.15) is 5.01 Å². The van der Waals surface area contributed by atoms with Crippen molar-refractivity contribution in [3.8, 4) is 0 Å². The summed E-state index contributed by atoms with van der Waals surface area (Å²) in [7, 11) is 0. The molecule has 2 aromatic heterocycles. The highest BCUT2D eigenvalue weighted by Gasteiger charge is 2.09. The summed E-state index contributed by atoms with van der Waals surface area (Å²) in [6, 6.07) is 5.36. The summed E-state index contributed by atoms with van der Waals surface area (Å²) in [5.74, 6) is -0.132. The van der Waals surface area contributed by atoms with E-state index >= 15 is 0 Å². The number of rotatable bonds is 3. The number of benzene rings is 1. The fraction of sp³-hybridized carbons (Fsp3) is 0.200. The van der Waals surface area contributed by atoms with Gasteiger partial charge in [-0.25, -0.2) is 15.0 Å². The van der Waals surface area contributed by atoms with E-state index in [9.17, 15) is 4.79 Å². The number of carbonyl (C=O) groups excluding carboxylic acids is 1. The van der Waals surface area contributed by atoms with Crippen LogP contribution in [0.5, 0.6) is 0 Å². The minimum atomic E-state index is -0.132. The fourth-order valence-electron chi connectivity index (χ4n) is 1.97. The predicted molar refractivity (Wildman–Crippen MR) is 82.3 cm³/mol. The van der Waals surface area contributed by atoms with E-state index in [2.05, 4.69) is 20.3 Å². The molecular weight excluding hydrogens is 284 g/mol. The monoisotopic (exact) mass is 298 g/mol. The third-order valence-electron chi connectivity index (χ3n) is 3.22. The lowest BCUT2D eigenvalue weighted by atomic mass is 10.1. The fourth-order valence-corrected chi connectivity index (χ4v) is 2.53. The summed E-state index contributed by atoms with van der Waals surface area (Å²) in [5.41, 5.74) is 3.90. The Kier molecular flexibility index (Phi) is 3.62.